The van der Waals surface area contributed by atoms with Crippen molar-refractivity contribution in [1.82, 2.24) is 14.8 Å². The Labute approximate surface area is 178 Å². The lowest BCUT2D eigenvalue weighted by atomic mass is 10.1. The fraction of sp³-hybridized carbons (Fsp3) is 0.0833. The van der Waals surface area contributed by atoms with Crippen LogP contribution in [0.5, 0.6) is 0 Å². The van der Waals surface area contributed by atoms with Crippen molar-refractivity contribution in [3.8, 4) is 11.9 Å². The zero-order valence-corrected chi connectivity index (χ0v) is 16.9. The van der Waals surface area contributed by atoms with E-state index in [9.17, 15) is 14.4 Å². The number of benzene rings is 2. The summed E-state index contributed by atoms with van der Waals surface area (Å²) in [5.41, 5.74) is 3.75. The maximum atomic E-state index is 13.0. The van der Waals surface area contributed by atoms with E-state index < -0.39 is 5.91 Å². The first-order valence-corrected chi connectivity index (χ1v) is 9.56. The third-order valence-corrected chi connectivity index (χ3v) is 4.88. The lowest BCUT2D eigenvalue weighted by Gasteiger charge is -2.11. The summed E-state index contributed by atoms with van der Waals surface area (Å²) < 4.78 is 14.5. The lowest BCUT2D eigenvalue weighted by Crippen LogP contribution is -2.14. The van der Waals surface area contributed by atoms with Gasteiger partial charge in [-0.2, -0.15) is 15.0 Å². The van der Waals surface area contributed by atoms with Gasteiger partial charge in [0.2, 0.25) is 5.91 Å². The van der Waals surface area contributed by atoms with E-state index in [4.69, 9.17) is 4.98 Å². The number of para-hydroxylation sites is 1. The highest BCUT2D eigenvalue weighted by Gasteiger charge is 2.16. The Bertz CT molecular complexity index is 1360. The number of amides is 1. The number of aryl methyl sites for hydroxylation is 2. The van der Waals surface area contributed by atoms with Gasteiger partial charge in [-0.05, 0) is 54.8 Å². The summed E-state index contributed by atoms with van der Waals surface area (Å²) in [5.74, 6) is -0.0662. The van der Waals surface area contributed by atoms with E-state index in [1.54, 1.807) is 18.2 Å². The molecular weight excluding hydrogens is 393 g/mol. The summed E-state index contributed by atoms with van der Waals surface area (Å²) in [6.45, 7) is 3.95. The van der Waals surface area contributed by atoms with Gasteiger partial charge in [0.15, 0.2) is 11.6 Å². The van der Waals surface area contributed by atoms with E-state index in [1.807, 2.05) is 44.2 Å². The summed E-state index contributed by atoms with van der Waals surface area (Å²) in [5, 5.41) is 17.5. The Morgan fingerprint density at radius 3 is 2.68 bits per heavy atom. The number of pyridine rings is 1. The summed E-state index contributed by atoms with van der Waals surface area (Å²) in [7, 11) is 0. The van der Waals surface area contributed by atoms with Gasteiger partial charge in [0.05, 0.1) is 11.7 Å². The molecule has 0 atom stereocenters. The summed E-state index contributed by atoms with van der Waals surface area (Å²) in [6, 6.07) is 15.6. The Hall–Kier alpha value is -4.31. The van der Waals surface area contributed by atoms with Crippen LogP contribution < -0.4 is 5.32 Å². The number of nitrogens with one attached hydrogen (secondary N) is 1. The third-order valence-electron chi connectivity index (χ3n) is 4.88. The maximum absolute atomic E-state index is 13.0. The number of carbonyl (C=O) groups excluding carboxylic acids is 1. The van der Waals surface area contributed by atoms with E-state index in [-0.39, 0.29) is 17.2 Å². The minimum Gasteiger partial charge on any atom is -0.306 e. The van der Waals surface area contributed by atoms with Crippen molar-refractivity contribution in [1.29, 1.82) is 5.26 Å². The molecule has 0 bridgehead atoms. The Balaban J connectivity index is 1.69. The molecule has 4 aromatic rings. The van der Waals surface area contributed by atoms with Gasteiger partial charge in [0, 0.05) is 11.5 Å². The lowest BCUT2D eigenvalue weighted by molar-refractivity contribution is -0.111. The monoisotopic (exact) mass is 411 g/mol. The molecule has 7 heteroatoms. The van der Waals surface area contributed by atoms with Crippen molar-refractivity contribution in [3.05, 3.63) is 88.9 Å². The fourth-order valence-electron chi connectivity index (χ4n) is 3.28. The molecule has 31 heavy (non-hydrogen) atoms. The first kappa shape index (κ1) is 20.0. The zero-order valence-electron chi connectivity index (χ0n) is 16.9. The van der Waals surface area contributed by atoms with E-state index in [1.165, 1.54) is 29.1 Å². The zero-order chi connectivity index (χ0) is 22.0. The van der Waals surface area contributed by atoms with Crippen LogP contribution in [0.1, 0.15) is 22.3 Å². The number of hydrogen-bond acceptors (Lipinski definition) is 4. The molecule has 1 amide bonds. The van der Waals surface area contributed by atoms with Crippen molar-refractivity contribution < 1.29 is 9.18 Å². The van der Waals surface area contributed by atoms with Crippen LogP contribution in [0.15, 0.2) is 60.8 Å². The predicted molar refractivity (Wildman–Crippen MR) is 117 cm³/mol. The third kappa shape index (κ3) is 4.05. The van der Waals surface area contributed by atoms with Crippen molar-refractivity contribution in [3.63, 3.8) is 0 Å². The van der Waals surface area contributed by atoms with Crippen LogP contribution in [0, 0.1) is 31.0 Å². The predicted octanol–water partition coefficient (Wildman–Crippen LogP) is 4.70. The molecule has 0 radical (unpaired) electrons. The standard InChI is InChI=1S/C24H18FN5O/c1-15-4-3-5-20-16(2)12-21(28-23(15)20)30-24(18(13-26)14-27-30)29-22(31)11-8-17-6-9-19(25)10-7-17/h3-12,14H,1-2H3,(H,29,31)/b11-8+. The molecule has 0 aliphatic carbocycles. The number of nitriles is 1. The Morgan fingerprint density at radius 2 is 1.94 bits per heavy atom. The number of hydrogen-bond donors (Lipinski definition) is 1. The molecule has 0 fully saturated rings. The molecule has 0 unspecified atom stereocenters. The molecule has 0 aliphatic rings. The van der Waals surface area contributed by atoms with Gasteiger partial charge in [-0.1, -0.05) is 30.3 Å². The normalized spacial score (nSPS) is 11.0. The Kier molecular flexibility index (Phi) is 5.29. The van der Waals surface area contributed by atoms with Gasteiger partial charge in [-0.25, -0.2) is 9.37 Å². The van der Waals surface area contributed by atoms with E-state index in [0.29, 0.717) is 11.4 Å². The largest absolute Gasteiger partial charge is 0.306 e. The molecule has 1 N–H and O–H groups in total. The number of rotatable bonds is 4. The van der Waals surface area contributed by atoms with E-state index in [0.717, 1.165) is 22.0 Å². The molecule has 4 rings (SSSR count). The van der Waals surface area contributed by atoms with Crippen LogP contribution in [-0.2, 0) is 4.79 Å². The average Bonchev–Trinajstić information content (AvgIpc) is 3.16. The minimum absolute atomic E-state index is 0.216. The van der Waals surface area contributed by atoms with Crippen molar-refractivity contribution in [2.45, 2.75) is 13.8 Å². The molecule has 2 aromatic carbocycles. The maximum Gasteiger partial charge on any atom is 0.249 e. The second-order valence-electron chi connectivity index (χ2n) is 7.07. The van der Waals surface area contributed by atoms with Crippen molar-refractivity contribution in [2.24, 2.45) is 0 Å². The van der Waals surface area contributed by atoms with Crippen LogP contribution in [0.4, 0.5) is 10.2 Å². The van der Waals surface area contributed by atoms with Gasteiger partial charge < -0.3 is 5.32 Å². The second-order valence-corrected chi connectivity index (χ2v) is 7.07. The first-order valence-electron chi connectivity index (χ1n) is 9.56. The van der Waals surface area contributed by atoms with Gasteiger partial charge >= 0.3 is 0 Å². The fourth-order valence-corrected chi connectivity index (χ4v) is 3.28. The molecule has 2 aromatic heterocycles. The molecule has 0 spiro atoms. The van der Waals surface area contributed by atoms with E-state index in [2.05, 4.69) is 10.4 Å². The average molecular weight is 411 g/mol. The van der Waals surface area contributed by atoms with Crippen LogP contribution in [0.25, 0.3) is 22.8 Å². The van der Waals surface area contributed by atoms with Gasteiger partial charge in [-0.15, -0.1) is 0 Å². The second kappa shape index (κ2) is 8.20. The number of fused-ring (bicyclic) bond motifs is 1. The minimum atomic E-state index is -0.448. The molecule has 152 valence electrons. The highest BCUT2D eigenvalue weighted by molar-refractivity contribution is 6.02. The number of nitrogens with zero attached hydrogens (tertiary/aromatic N) is 4. The van der Waals surface area contributed by atoms with Gasteiger partial charge in [0.25, 0.3) is 0 Å². The number of aromatic nitrogens is 3. The smallest absolute Gasteiger partial charge is 0.249 e. The Morgan fingerprint density at radius 1 is 1.16 bits per heavy atom. The topological polar surface area (TPSA) is 83.6 Å². The summed E-state index contributed by atoms with van der Waals surface area (Å²) >= 11 is 0. The number of halogens is 1. The van der Waals surface area contributed by atoms with Crippen molar-refractivity contribution in [2.75, 3.05) is 5.32 Å². The SMILES string of the molecule is Cc1cc(-n2ncc(C#N)c2NC(=O)/C=C/c2ccc(F)cc2)nc2c(C)cccc12. The molecule has 2 heterocycles. The molecule has 0 saturated heterocycles. The molecular formula is C24H18FN5O. The number of anilines is 1. The van der Waals surface area contributed by atoms with Gasteiger partial charge in [-0.3, -0.25) is 4.79 Å². The van der Waals surface area contributed by atoms with Crippen LogP contribution in [0.3, 0.4) is 0 Å². The van der Waals surface area contributed by atoms with E-state index >= 15 is 0 Å². The highest BCUT2D eigenvalue weighted by Crippen LogP contribution is 2.25. The highest BCUT2D eigenvalue weighted by atomic mass is 19.1. The van der Waals surface area contributed by atoms with Crippen molar-refractivity contribution >= 4 is 28.7 Å². The molecule has 6 nitrogen and oxygen atoms in total. The first-order chi connectivity index (χ1) is 15.0. The molecule has 0 saturated carbocycles. The van der Waals surface area contributed by atoms with Crippen LogP contribution in [-0.4, -0.2) is 20.7 Å². The quantitative estimate of drug-likeness (QED) is 0.494. The number of carbonyl (C=O) groups is 1. The summed E-state index contributed by atoms with van der Waals surface area (Å²) in [4.78, 5) is 17.2. The van der Waals surface area contributed by atoms with Crippen LogP contribution in [0.2, 0.25) is 0 Å². The summed E-state index contributed by atoms with van der Waals surface area (Å²) in [6.07, 6.45) is 4.26. The molecule has 0 aliphatic heterocycles. The van der Waals surface area contributed by atoms with Crippen LogP contribution >= 0.6 is 0 Å². The van der Waals surface area contributed by atoms with Gasteiger partial charge in [0.1, 0.15) is 17.4 Å².